The van der Waals surface area contributed by atoms with Crippen LogP contribution in [0, 0.1) is 0 Å². The van der Waals surface area contributed by atoms with Crippen LogP contribution in [0.3, 0.4) is 0 Å². The van der Waals surface area contributed by atoms with Gasteiger partial charge >= 0.3 is 18.5 Å². The maximum Gasteiger partial charge on any atom is 0.432 e. The number of nitrogens with one attached hydrogen (secondary N) is 1. The molecule has 0 unspecified atom stereocenters. The molecule has 4 rings (SSSR count). The number of ether oxygens (including phenoxy) is 1. The van der Waals surface area contributed by atoms with Crippen molar-refractivity contribution in [3.8, 4) is 33.9 Å². The Hall–Kier alpha value is -3.87. The van der Waals surface area contributed by atoms with Gasteiger partial charge in [-0.05, 0) is 59.7 Å². The Labute approximate surface area is 218 Å². The maximum atomic E-state index is 13.5. The number of hydrogen-bond donors (Lipinski definition) is 2. The van der Waals surface area contributed by atoms with Gasteiger partial charge in [0, 0.05) is 10.6 Å². The van der Waals surface area contributed by atoms with Crippen LogP contribution >= 0.6 is 11.6 Å². The first-order chi connectivity index (χ1) is 18.0. The fourth-order valence-electron chi connectivity index (χ4n) is 3.62. The first kappa shape index (κ1) is 28.1. The highest BCUT2D eigenvalue weighted by molar-refractivity contribution is 6.30. The minimum absolute atomic E-state index is 0.0953. The molecule has 3 aromatic carbocycles. The highest BCUT2D eigenvalue weighted by Crippen LogP contribution is 2.47. The molecule has 0 saturated heterocycles. The number of aromatic amines is 1. The number of H-pyrrole nitrogens is 1. The number of hydrogen-bond acceptors (Lipinski definition) is 3. The van der Waals surface area contributed by atoms with Crippen LogP contribution in [0.25, 0.3) is 22.4 Å². The van der Waals surface area contributed by atoms with Crippen LogP contribution in [0.5, 0.6) is 11.5 Å². The molecular weight excluding hydrogens is 567 g/mol. The lowest BCUT2D eigenvalue weighted by atomic mass is 9.95. The molecule has 0 fully saturated rings. The molecule has 14 heteroatoms. The van der Waals surface area contributed by atoms with Gasteiger partial charge < -0.3 is 9.84 Å². The van der Waals surface area contributed by atoms with E-state index in [1.165, 1.54) is 12.1 Å². The summed E-state index contributed by atoms with van der Waals surface area (Å²) in [5, 5.41) is 16.6. The van der Waals surface area contributed by atoms with Crippen LogP contribution in [0.15, 0.2) is 60.7 Å². The molecule has 0 aliphatic rings. The molecule has 0 amide bonds. The van der Waals surface area contributed by atoms with Gasteiger partial charge in [-0.3, -0.25) is 5.10 Å². The fraction of sp³-hybridized carbons (Fsp3) is 0.160. The van der Waals surface area contributed by atoms with Crippen molar-refractivity contribution >= 4 is 11.6 Å². The Kier molecular flexibility index (Phi) is 7.23. The lowest BCUT2D eigenvalue weighted by molar-refractivity contribution is -0.143. The third-order valence-electron chi connectivity index (χ3n) is 5.48. The van der Waals surface area contributed by atoms with Gasteiger partial charge in [-0.15, -0.1) is 0 Å². The summed E-state index contributed by atoms with van der Waals surface area (Å²) in [4.78, 5) is 0. The lowest BCUT2D eigenvalue weighted by Crippen LogP contribution is -2.11. The summed E-state index contributed by atoms with van der Waals surface area (Å²) < 4.78 is 126. The van der Waals surface area contributed by atoms with E-state index in [-0.39, 0.29) is 18.4 Å². The summed E-state index contributed by atoms with van der Waals surface area (Å²) in [6.45, 7) is -0.241. The van der Waals surface area contributed by atoms with E-state index in [0.717, 1.165) is 12.1 Å². The van der Waals surface area contributed by atoms with Crippen LogP contribution in [0.2, 0.25) is 5.02 Å². The number of benzene rings is 3. The molecule has 0 saturated carbocycles. The first-order valence-corrected chi connectivity index (χ1v) is 11.1. The molecule has 4 nitrogen and oxygen atoms in total. The second-order valence-electron chi connectivity index (χ2n) is 8.21. The van der Waals surface area contributed by atoms with Gasteiger partial charge in [0.1, 0.15) is 23.8 Å². The predicted molar refractivity (Wildman–Crippen MR) is 122 cm³/mol. The summed E-state index contributed by atoms with van der Waals surface area (Å²) in [7, 11) is 0. The predicted octanol–water partition coefficient (Wildman–Crippen LogP) is 8.74. The second-order valence-corrected chi connectivity index (χ2v) is 8.65. The molecule has 39 heavy (non-hydrogen) atoms. The molecule has 0 radical (unpaired) electrons. The van der Waals surface area contributed by atoms with Crippen molar-refractivity contribution < 1.29 is 49.4 Å². The number of rotatable bonds is 5. The number of phenols is 1. The number of aromatic nitrogens is 2. The highest BCUT2D eigenvalue weighted by Gasteiger charge is 2.38. The Morgan fingerprint density at radius 3 is 1.87 bits per heavy atom. The summed E-state index contributed by atoms with van der Waals surface area (Å²) in [6.07, 6.45) is -15.2. The van der Waals surface area contributed by atoms with Crippen LogP contribution in [-0.2, 0) is 25.1 Å². The van der Waals surface area contributed by atoms with Crippen molar-refractivity contribution in [3.63, 3.8) is 0 Å². The van der Waals surface area contributed by atoms with Crippen LogP contribution < -0.4 is 4.74 Å². The van der Waals surface area contributed by atoms with Gasteiger partial charge in [0.05, 0.1) is 22.4 Å². The molecule has 4 aromatic rings. The Balaban J connectivity index is 1.91. The number of phenolic OH excluding ortho intramolecular Hbond substituents is 1. The quantitative estimate of drug-likeness (QED) is 0.232. The monoisotopic (exact) mass is 580 g/mol. The summed E-state index contributed by atoms with van der Waals surface area (Å²) >= 11 is 5.83. The Morgan fingerprint density at radius 1 is 0.769 bits per heavy atom. The van der Waals surface area contributed by atoms with Gasteiger partial charge in [-0.2, -0.15) is 44.6 Å². The van der Waals surface area contributed by atoms with Gasteiger partial charge in [0.15, 0.2) is 0 Å². The summed E-state index contributed by atoms with van der Waals surface area (Å²) in [5.41, 5.74) is -6.34. The van der Waals surface area contributed by atoms with Crippen LogP contribution in [-0.4, -0.2) is 15.3 Å². The SMILES string of the molecule is Oc1c(-c2cc(C(F)(F)F)[nH]n2)ccc(OCc2ccc(Cl)cc2)c1-c1cc(C(F)(F)F)cc(C(F)(F)F)c1. The van der Waals surface area contributed by atoms with Crippen molar-refractivity contribution in [2.45, 2.75) is 25.1 Å². The molecule has 0 aliphatic heterocycles. The zero-order valence-corrected chi connectivity index (χ0v) is 19.8. The largest absolute Gasteiger partial charge is 0.506 e. The number of halogens is 10. The molecular formula is C25H14ClF9N2O2. The van der Waals surface area contributed by atoms with Crippen molar-refractivity contribution in [3.05, 3.63) is 88.1 Å². The van der Waals surface area contributed by atoms with Gasteiger partial charge in [-0.1, -0.05) is 23.7 Å². The van der Waals surface area contributed by atoms with E-state index in [1.807, 2.05) is 0 Å². The van der Waals surface area contributed by atoms with Gasteiger partial charge in [-0.25, -0.2) is 0 Å². The zero-order chi connectivity index (χ0) is 28.8. The van der Waals surface area contributed by atoms with E-state index in [1.54, 1.807) is 17.2 Å². The molecule has 0 bridgehead atoms. The molecule has 2 N–H and O–H groups in total. The molecule has 0 aliphatic carbocycles. The third-order valence-corrected chi connectivity index (χ3v) is 5.73. The van der Waals surface area contributed by atoms with Crippen LogP contribution in [0.1, 0.15) is 22.4 Å². The van der Waals surface area contributed by atoms with Crippen LogP contribution in [0.4, 0.5) is 39.5 Å². The molecule has 206 valence electrons. The second kappa shape index (κ2) is 10.0. The van der Waals surface area contributed by atoms with Crippen molar-refractivity contribution in [2.24, 2.45) is 0 Å². The average molecular weight is 581 g/mol. The first-order valence-electron chi connectivity index (χ1n) is 10.7. The number of alkyl halides is 9. The normalized spacial score (nSPS) is 12.6. The third kappa shape index (κ3) is 6.24. The van der Waals surface area contributed by atoms with E-state index >= 15 is 0 Å². The molecule has 1 heterocycles. The highest BCUT2D eigenvalue weighted by atomic mass is 35.5. The summed E-state index contributed by atoms with van der Waals surface area (Å²) in [5.74, 6) is -1.29. The lowest BCUT2D eigenvalue weighted by Gasteiger charge is -2.19. The zero-order valence-electron chi connectivity index (χ0n) is 19.1. The topological polar surface area (TPSA) is 58.1 Å². The molecule has 1 aromatic heterocycles. The van der Waals surface area contributed by atoms with E-state index in [0.29, 0.717) is 28.8 Å². The number of aromatic hydroxyl groups is 1. The Morgan fingerprint density at radius 2 is 1.36 bits per heavy atom. The van der Waals surface area contributed by atoms with Gasteiger partial charge in [0.2, 0.25) is 0 Å². The Bertz CT molecular complexity index is 1460. The van der Waals surface area contributed by atoms with E-state index < -0.39 is 63.5 Å². The van der Waals surface area contributed by atoms with Crippen molar-refractivity contribution in [1.82, 2.24) is 10.2 Å². The van der Waals surface area contributed by atoms with Crippen molar-refractivity contribution in [2.75, 3.05) is 0 Å². The molecule has 0 atom stereocenters. The van der Waals surface area contributed by atoms with Crippen molar-refractivity contribution in [1.29, 1.82) is 0 Å². The van der Waals surface area contributed by atoms with E-state index in [4.69, 9.17) is 16.3 Å². The minimum atomic E-state index is -5.20. The summed E-state index contributed by atoms with van der Waals surface area (Å²) in [6, 6.07) is 9.46. The van der Waals surface area contributed by atoms with E-state index in [9.17, 15) is 44.6 Å². The smallest absolute Gasteiger partial charge is 0.432 e. The number of nitrogens with zero attached hydrogens (tertiary/aromatic N) is 1. The van der Waals surface area contributed by atoms with Gasteiger partial charge in [0.25, 0.3) is 0 Å². The standard InChI is InChI=1S/C25H14ClF9N2O2/c26-16-3-1-12(2-4-16)11-39-19-6-5-17(18-10-20(37-36-18)25(33,34)35)22(38)21(19)13-7-14(23(27,28)29)9-15(8-13)24(30,31)32/h1-10,38H,11H2,(H,36,37). The van der Waals surface area contributed by atoms with E-state index in [2.05, 4.69) is 5.10 Å². The minimum Gasteiger partial charge on any atom is -0.506 e. The maximum absolute atomic E-state index is 13.5. The average Bonchev–Trinajstić information content (AvgIpc) is 3.33. The fourth-order valence-corrected chi connectivity index (χ4v) is 3.75. The molecule has 0 spiro atoms.